The van der Waals surface area contributed by atoms with Crippen molar-refractivity contribution < 1.29 is 8.42 Å². The van der Waals surface area contributed by atoms with Crippen molar-refractivity contribution in [1.82, 2.24) is 9.88 Å². The summed E-state index contributed by atoms with van der Waals surface area (Å²) in [6, 6.07) is 16.1. The van der Waals surface area contributed by atoms with E-state index in [1.165, 1.54) is 11.3 Å². The van der Waals surface area contributed by atoms with E-state index < -0.39 is 10.0 Å². The highest BCUT2D eigenvalue weighted by molar-refractivity contribution is 7.92. The van der Waals surface area contributed by atoms with E-state index in [4.69, 9.17) is 11.6 Å². The minimum atomic E-state index is -3.71. The summed E-state index contributed by atoms with van der Waals surface area (Å²) in [4.78, 5) is 5.95. The van der Waals surface area contributed by atoms with Crippen molar-refractivity contribution in [1.29, 1.82) is 0 Å². The zero-order valence-corrected chi connectivity index (χ0v) is 17.4. The van der Waals surface area contributed by atoms with Crippen LogP contribution in [0.25, 0.3) is 21.7 Å². The third kappa shape index (κ3) is 3.27. The van der Waals surface area contributed by atoms with Crippen molar-refractivity contribution in [3.05, 3.63) is 70.9 Å². The number of halogens is 1. The summed E-state index contributed by atoms with van der Waals surface area (Å²) in [5.74, 6) is 0. The molecule has 0 aliphatic carbocycles. The quantitative estimate of drug-likeness (QED) is 0.497. The molecular formula is C22H20ClN3O2S. The van der Waals surface area contributed by atoms with Gasteiger partial charge in [0.2, 0.25) is 0 Å². The molecular weight excluding hydrogens is 406 g/mol. The maximum atomic E-state index is 13.0. The van der Waals surface area contributed by atoms with Gasteiger partial charge >= 0.3 is 0 Å². The number of nitrogens with zero attached hydrogens (tertiary/aromatic N) is 1. The Morgan fingerprint density at radius 1 is 1.07 bits per heavy atom. The van der Waals surface area contributed by atoms with Gasteiger partial charge in [0, 0.05) is 45.8 Å². The van der Waals surface area contributed by atoms with Gasteiger partial charge in [-0.05, 0) is 60.8 Å². The molecule has 7 heteroatoms. The molecule has 0 saturated carbocycles. The fourth-order valence-electron chi connectivity index (χ4n) is 4.04. The molecule has 5 nitrogen and oxygen atoms in total. The Morgan fingerprint density at radius 3 is 2.79 bits per heavy atom. The van der Waals surface area contributed by atoms with Crippen LogP contribution in [0.1, 0.15) is 11.3 Å². The lowest BCUT2D eigenvalue weighted by molar-refractivity contribution is 0.310. The monoisotopic (exact) mass is 425 g/mol. The first kappa shape index (κ1) is 18.5. The number of sulfonamides is 1. The Morgan fingerprint density at radius 2 is 1.93 bits per heavy atom. The van der Waals surface area contributed by atoms with Gasteiger partial charge in [0.1, 0.15) is 0 Å². The zero-order valence-electron chi connectivity index (χ0n) is 15.9. The van der Waals surface area contributed by atoms with E-state index in [0.717, 1.165) is 41.2 Å². The van der Waals surface area contributed by atoms with Crippen LogP contribution in [0.15, 0.2) is 59.5 Å². The molecule has 5 rings (SSSR count). The first-order valence-electron chi connectivity index (χ1n) is 9.44. The Kier molecular flexibility index (Phi) is 4.31. The number of aromatic nitrogens is 1. The minimum absolute atomic E-state index is 0.213. The van der Waals surface area contributed by atoms with Gasteiger partial charge in [-0.3, -0.25) is 4.72 Å². The first-order chi connectivity index (χ1) is 13.9. The maximum Gasteiger partial charge on any atom is 0.261 e. The second-order valence-electron chi connectivity index (χ2n) is 7.56. The first-order valence-corrected chi connectivity index (χ1v) is 11.3. The van der Waals surface area contributed by atoms with Crippen LogP contribution in [0.5, 0.6) is 0 Å². The van der Waals surface area contributed by atoms with Crippen LogP contribution >= 0.6 is 11.6 Å². The van der Waals surface area contributed by atoms with Gasteiger partial charge in [-0.1, -0.05) is 29.8 Å². The number of nitrogens with one attached hydrogen (secondary N) is 2. The van der Waals surface area contributed by atoms with E-state index in [0.29, 0.717) is 10.7 Å². The smallest absolute Gasteiger partial charge is 0.261 e. The molecule has 1 aliphatic heterocycles. The summed E-state index contributed by atoms with van der Waals surface area (Å²) in [5, 5.41) is 3.31. The Balaban J connectivity index is 1.51. The standard InChI is InChI=1S/C22H20ClN3O2S/c1-26-10-9-18-19-12-15(5-8-21(19)24-22(18)13-26)25-29(27,28)16-6-7-17-14(11-16)3-2-4-20(17)23/h2-8,11-12,24-25H,9-10,13H2,1H3. The summed E-state index contributed by atoms with van der Waals surface area (Å²) >= 11 is 6.19. The van der Waals surface area contributed by atoms with Crippen molar-refractivity contribution in [3.8, 4) is 0 Å². The lowest BCUT2D eigenvalue weighted by atomic mass is 10.0. The molecule has 0 atom stereocenters. The molecule has 0 radical (unpaired) electrons. The van der Waals surface area contributed by atoms with Gasteiger partial charge in [0.15, 0.2) is 0 Å². The van der Waals surface area contributed by atoms with Gasteiger partial charge < -0.3 is 9.88 Å². The van der Waals surface area contributed by atoms with Crippen LogP contribution < -0.4 is 4.72 Å². The molecule has 148 valence electrons. The fraction of sp³-hybridized carbons (Fsp3) is 0.182. The number of H-pyrrole nitrogens is 1. The minimum Gasteiger partial charge on any atom is -0.357 e. The molecule has 0 spiro atoms. The van der Waals surface area contributed by atoms with Crippen molar-refractivity contribution >= 4 is 49.0 Å². The predicted octanol–water partition coefficient (Wildman–Crippen LogP) is 4.76. The van der Waals surface area contributed by atoms with Crippen LogP contribution in [0, 0.1) is 0 Å². The molecule has 0 saturated heterocycles. The van der Waals surface area contributed by atoms with Crippen molar-refractivity contribution in [3.63, 3.8) is 0 Å². The molecule has 4 aromatic rings. The molecule has 2 N–H and O–H groups in total. The highest BCUT2D eigenvalue weighted by atomic mass is 35.5. The molecule has 3 aromatic carbocycles. The average Bonchev–Trinajstić information content (AvgIpc) is 3.04. The predicted molar refractivity (Wildman–Crippen MR) is 118 cm³/mol. The molecule has 0 bridgehead atoms. The summed E-state index contributed by atoms with van der Waals surface area (Å²) in [6.45, 7) is 1.88. The third-order valence-electron chi connectivity index (χ3n) is 5.53. The van der Waals surface area contributed by atoms with Crippen molar-refractivity contribution in [2.45, 2.75) is 17.9 Å². The lowest BCUT2D eigenvalue weighted by Gasteiger charge is -2.22. The Labute approximate surface area is 174 Å². The summed E-state index contributed by atoms with van der Waals surface area (Å²) in [7, 11) is -1.61. The SMILES string of the molecule is CN1CCc2c([nH]c3ccc(NS(=O)(=O)c4ccc5c(Cl)cccc5c4)cc23)C1. The van der Waals surface area contributed by atoms with Gasteiger partial charge in [-0.2, -0.15) is 0 Å². The van der Waals surface area contributed by atoms with Crippen LogP contribution in [-0.4, -0.2) is 31.9 Å². The molecule has 0 amide bonds. The van der Waals surface area contributed by atoms with E-state index >= 15 is 0 Å². The second kappa shape index (κ2) is 6.76. The van der Waals surface area contributed by atoms with E-state index in [1.807, 2.05) is 24.3 Å². The summed E-state index contributed by atoms with van der Waals surface area (Å²) in [6.07, 6.45) is 0.952. The van der Waals surface area contributed by atoms with E-state index in [2.05, 4.69) is 21.7 Å². The van der Waals surface area contributed by atoms with Crippen molar-refractivity contribution in [2.75, 3.05) is 18.3 Å². The molecule has 0 unspecified atom stereocenters. The number of anilines is 1. The van der Waals surface area contributed by atoms with Crippen LogP contribution in [0.2, 0.25) is 5.02 Å². The molecule has 1 aromatic heterocycles. The van der Waals surface area contributed by atoms with Gasteiger partial charge in [-0.15, -0.1) is 0 Å². The molecule has 1 aliphatic rings. The Bertz CT molecular complexity index is 1360. The van der Waals surface area contributed by atoms with Gasteiger partial charge in [-0.25, -0.2) is 8.42 Å². The third-order valence-corrected chi connectivity index (χ3v) is 7.24. The van der Waals surface area contributed by atoms with Gasteiger partial charge in [0.05, 0.1) is 4.90 Å². The average molecular weight is 426 g/mol. The second-order valence-corrected chi connectivity index (χ2v) is 9.65. The number of benzene rings is 3. The van der Waals surface area contributed by atoms with Crippen molar-refractivity contribution in [2.24, 2.45) is 0 Å². The van der Waals surface area contributed by atoms with Crippen LogP contribution in [-0.2, 0) is 23.0 Å². The summed E-state index contributed by atoms with van der Waals surface area (Å²) < 4.78 is 28.7. The highest BCUT2D eigenvalue weighted by Crippen LogP contribution is 2.31. The zero-order chi connectivity index (χ0) is 20.2. The summed E-state index contributed by atoms with van der Waals surface area (Å²) in [5.41, 5.74) is 4.08. The number of aromatic amines is 1. The number of fused-ring (bicyclic) bond motifs is 4. The lowest BCUT2D eigenvalue weighted by Crippen LogP contribution is -2.26. The van der Waals surface area contributed by atoms with E-state index in [-0.39, 0.29) is 4.90 Å². The molecule has 29 heavy (non-hydrogen) atoms. The number of hydrogen-bond donors (Lipinski definition) is 2. The maximum absolute atomic E-state index is 13.0. The number of rotatable bonds is 3. The topological polar surface area (TPSA) is 65.2 Å². The van der Waals surface area contributed by atoms with E-state index in [1.54, 1.807) is 30.3 Å². The normalized spacial score (nSPS) is 15.0. The van der Waals surface area contributed by atoms with Crippen LogP contribution in [0.4, 0.5) is 5.69 Å². The van der Waals surface area contributed by atoms with Gasteiger partial charge in [0.25, 0.3) is 10.0 Å². The molecule has 0 fully saturated rings. The number of likely N-dealkylation sites (N-methyl/N-ethyl adjacent to an activating group) is 1. The van der Waals surface area contributed by atoms with E-state index in [9.17, 15) is 8.42 Å². The fourth-order valence-corrected chi connectivity index (χ4v) is 5.37. The molecule has 2 heterocycles. The Hall–Kier alpha value is -2.54. The largest absolute Gasteiger partial charge is 0.357 e. The van der Waals surface area contributed by atoms with Crippen LogP contribution in [0.3, 0.4) is 0 Å². The number of hydrogen-bond acceptors (Lipinski definition) is 3. The highest BCUT2D eigenvalue weighted by Gasteiger charge is 2.20.